The van der Waals surface area contributed by atoms with E-state index in [1.807, 2.05) is 25.7 Å². The van der Waals surface area contributed by atoms with Crippen molar-refractivity contribution in [3.63, 3.8) is 0 Å². The largest absolute Gasteiger partial charge is 0.444 e. The number of hydrogen-bond donors (Lipinski definition) is 0. The fourth-order valence-corrected chi connectivity index (χ4v) is 5.18. The lowest BCUT2D eigenvalue weighted by atomic mass is 9.87. The van der Waals surface area contributed by atoms with E-state index in [1.54, 1.807) is 0 Å². The number of fused-ring (bicyclic) bond motifs is 1. The van der Waals surface area contributed by atoms with E-state index in [0.29, 0.717) is 12.0 Å². The molecule has 1 aromatic carbocycles. The maximum atomic E-state index is 13.0. The lowest BCUT2D eigenvalue weighted by Crippen LogP contribution is -2.47. The highest BCUT2D eigenvalue weighted by Gasteiger charge is 2.35. The Labute approximate surface area is 192 Å². The van der Waals surface area contributed by atoms with Crippen LogP contribution in [0.15, 0.2) is 24.4 Å². The van der Waals surface area contributed by atoms with Gasteiger partial charge < -0.3 is 14.5 Å². The zero-order chi connectivity index (χ0) is 23.3. The standard InChI is InChI=1S/C26H40N4O2/c1-18-8-11-23(29(16-18)24(31)32-25(2,3)4)19-9-10-22-20(14-19)17-30(27-22)21-12-13-28(7)26(5,6)15-21/h9-10,14,17-18,21,23H,8,11-13,15-16H2,1-7H3/t18-,21+,23+/m0/s1. The molecule has 0 aliphatic carbocycles. The number of nitrogens with zero attached hydrogens (tertiary/aromatic N) is 4. The van der Waals surface area contributed by atoms with Gasteiger partial charge in [-0.25, -0.2) is 4.79 Å². The van der Waals surface area contributed by atoms with Gasteiger partial charge >= 0.3 is 6.09 Å². The first-order valence-corrected chi connectivity index (χ1v) is 12.1. The minimum absolute atomic E-state index is 0.0519. The number of likely N-dealkylation sites (tertiary alicyclic amines) is 2. The summed E-state index contributed by atoms with van der Waals surface area (Å²) >= 11 is 0. The molecule has 0 spiro atoms. The molecular weight excluding hydrogens is 400 g/mol. The van der Waals surface area contributed by atoms with Gasteiger partial charge in [0.1, 0.15) is 5.60 Å². The third-order valence-corrected chi connectivity index (χ3v) is 7.32. The molecule has 32 heavy (non-hydrogen) atoms. The fourth-order valence-electron chi connectivity index (χ4n) is 5.18. The number of carbonyl (C=O) groups is 1. The van der Waals surface area contributed by atoms with Crippen LogP contribution in [0.4, 0.5) is 4.79 Å². The van der Waals surface area contributed by atoms with Crippen LogP contribution in [0.25, 0.3) is 10.9 Å². The number of hydrogen-bond acceptors (Lipinski definition) is 4. The van der Waals surface area contributed by atoms with Crippen LogP contribution in [0.1, 0.15) is 84.9 Å². The molecule has 3 atom stereocenters. The molecule has 176 valence electrons. The van der Waals surface area contributed by atoms with E-state index < -0.39 is 5.60 Å². The summed E-state index contributed by atoms with van der Waals surface area (Å²) in [5, 5.41) is 6.08. The topological polar surface area (TPSA) is 50.6 Å². The maximum Gasteiger partial charge on any atom is 0.410 e. The molecule has 1 amide bonds. The molecule has 2 aromatic rings. The molecule has 2 aliphatic rings. The number of benzene rings is 1. The first kappa shape index (κ1) is 23.1. The average molecular weight is 441 g/mol. The smallest absolute Gasteiger partial charge is 0.410 e. The minimum Gasteiger partial charge on any atom is -0.444 e. The Morgan fingerprint density at radius 2 is 1.94 bits per heavy atom. The number of rotatable bonds is 2. The first-order valence-electron chi connectivity index (χ1n) is 12.1. The molecule has 4 rings (SSSR count). The highest BCUT2D eigenvalue weighted by Crippen LogP contribution is 2.37. The summed E-state index contributed by atoms with van der Waals surface area (Å²) in [7, 11) is 2.21. The van der Waals surface area contributed by atoms with Crippen molar-refractivity contribution in [2.75, 3.05) is 20.1 Å². The molecule has 0 radical (unpaired) electrons. The zero-order valence-corrected chi connectivity index (χ0v) is 20.9. The fraction of sp³-hybridized carbons (Fsp3) is 0.692. The SMILES string of the molecule is C[C@H]1CC[C@H](c2ccc3nn([C@@H]4CCN(C)C(C)(C)C4)cc3c2)N(C(=O)OC(C)(C)C)C1. The number of piperidine rings is 2. The van der Waals surface area contributed by atoms with Crippen molar-refractivity contribution in [2.45, 2.75) is 90.4 Å². The van der Waals surface area contributed by atoms with Crippen molar-refractivity contribution >= 4 is 17.0 Å². The third kappa shape index (κ3) is 4.80. The van der Waals surface area contributed by atoms with E-state index in [-0.39, 0.29) is 17.7 Å². The summed E-state index contributed by atoms with van der Waals surface area (Å²) in [6, 6.07) is 6.97. The van der Waals surface area contributed by atoms with Gasteiger partial charge in [-0.1, -0.05) is 13.0 Å². The molecule has 2 fully saturated rings. The number of carbonyl (C=O) groups excluding carboxylic acids is 1. The Morgan fingerprint density at radius 3 is 2.62 bits per heavy atom. The number of amides is 1. The van der Waals surface area contributed by atoms with Crippen LogP contribution in [0, 0.1) is 5.92 Å². The van der Waals surface area contributed by atoms with E-state index in [4.69, 9.17) is 9.84 Å². The summed E-state index contributed by atoms with van der Waals surface area (Å²) in [6.45, 7) is 14.5. The Kier molecular flexibility index (Phi) is 6.03. The Bertz CT molecular complexity index is 974. The van der Waals surface area contributed by atoms with Gasteiger partial charge in [0, 0.05) is 30.2 Å². The molecule has 0 saturated carbocycles. The van der Waals surface area contributed by atoms with Gasteiger partial charge in [-0.15, -0.1) is 0 Å². The second-order valence-electron chi connectivity index (χ2n) is 11.6. The summed E-state index contributed by atoms with van der Waals surface area (Å²) in [4.78, 5) is 17.4. The van der Waals surface area contributed by atoms with Crippen molar-refractivity contribution < 1.29 is 9.53 Å². The van der Waals surface area contributed by atoms with E-state index in [2.05, 4.69) is 61.8 Å². The van der Waals surface area contributed by atoms with Crippen molar-refractivity contribution in [2.24, 2.45) is 5.92 Å². The first-order chi connectivity index (χ1) is 14.9. The van der Waals surface area contributed by atoms with Crippen LogP contribution >= 0.6 is 0 Å². The summed E-state index contributed by atoms with van der Waals surface area (Å²) in [5.41, 5.74) is 1.89. The van der Waals surface area contributed by atoms with Gasteiger partial charge in [-0.3, -0.25) is 4.68 Å². The monoisotopic (exact) mass is 440 g/mol. The zero-order valence-electron chi connectivity index (χ0n) is 20.9. The van der Waals surface area contributed by atoms with E-state index in [0.717, 1.165) is 49.7 Å². The second-order valence-corrected chi connectivity index (χ2v) is 11.6. The molecule has 0 unspecified atom stereocenters. The van der Waals surface area contributed by atoms with E-state index in [9.17, 15) is 4.79 Å². The molecule has 2 saturated heterocycles. The van der Waals surface area contributed by atoms with Crippen LogP contribution in [-0.2, 0) is 4.74 Å². The molecule has 1 aromatic heterocycles. The van der Waals surface area contributed by atoms with Crippen LogP contribution in [0.2, 0.25) is 0 Å². The van der Waals surface area contributed by atoms with Gasteiger partial charge in [0.2, 0.25) is 0 Å². The van der Waals surface area contributed by atoms with Gasteiger partial charge in [0.05, 0.1) is 17.6 Å². The number of aromatic nitrogens is 2. The van der Waals surface area contributed by atoms with Crippen molar-refractivity contribution in [3.05, 3.63) is 30.0 Å². The van der Waals surface area contributed by atoms with Gasteiger partial charge in [-0.05, 0) is 91.0 Å². The van der Waals surface area contributed by atoms with Crippen molar-refractivity contribution in [3.8, 4) is 0 Å². The predicted octanol–water partition coefficient (Wildman–Crippen LogP) is 5.79. The molecule has 0 N–H and O–H groups in total. The quantitative estimate of drug-likeness (QED) is 0.593. The number of ether oxygens (including phenoxy) is 1. The van der Waals surface area contributed by atoms with Crippen molar-refractivity contribution in [1.29, 1.82) is 0 Å². The predicted molar refractivity (Wildman–Crippen MR) is 129 cm³/mol. The maximum absolute atomic E-state index is 13.0. The molecule has 3 heterocycles. The van der Waals surface area contributed by atoms with Crippen molar-refractivity contribution in [1.82, 2.24) is 19.6 Å². The summed E-state index contributed by atoms with van der Waals surface area (Å²) in [5.74, 6) is 0.484. The lowest BCUT2D eigenvalue weighted by molar-refractivity contribution is 0.00365. The van der Waals surface area contributed by atoms with Gasteiger partial charge in [-0.2, -0.15) is 5.10 Å². The molecular formula is C26H40N4O2. The van der Waals surface area contributed by atoms with Crippen LogP contribution in [-0.4, -0.2) is 57.0 Å². The summed E-state index contributed by atoms with van der Waals surface area (Å²) in [6.07, 6.45) is 6.28. The minimum atomic E-state index is -0.491. The summed E-state index contributed by atoms with van der Waals surface area (Å²) < 4.78 is 7.92. The van der Waals surface area contributed by atoms with Crippen LogP contribution < -0.4 is 0 Å². The highest BCUT2D eigenvalue weighted by atomic mass is 16.6. The van der Waals surface area contributed by atoms with Gasteiger partial charge in [0.15, 0.2) is 0 Å². The molecule has 6 heteroatoms. The molecule has 0 bridgehead atoms. The average Bonchev–Trinajstić information content (AvgIpc) is 3.12. The third-order valence-electron chi connectivity index (χ3n) is 7.32. The molecule has 6 nitrogen and oxygen atoms in total. The Hall–Kier alpha value is -2.08. The van der Waals surface area contributed by atoms with Crippen LogP contribution in [0.5, 0.6) is 0 Å². The van der Waals surface area contributed by atoms with Gasteiger partial charge in [0.25, 0.3) is 0 Å². The normalized spacial score (nSPS) is 27.0. The highest BCUT2D eigenvalue weighted by molar-refractivity contribution is 5.79. The van der Waals surface area contributed by atoms with E-state index in [1.165, 1.54) is 5.56 Å². The Morgan fingerprint density at radius 1 is 1.19 bits per heavy atom. The lowest BCUT2D eigenvalue weighted by Gasteiger charge is -2.43. The second kappa shape index (κ2) is 8.36. The molecule has 2 aliphatic heterocycles. The van der Waals surface area contributed by atoms with E-state index >= 15 is 0 Å². The van der Waals surface area contributed by atoms with Crippen LogP contribution in [0.3, 0.4) is 0 Å². The Balaban J connectivity index is 1.59.